The molecule has 0 spiro atoms. The van der Waals surface area contributed by atoms with E-state index in [2.05, 4.69) is 62.7 Å². The Kier molecular flexibility index (Phi) is 3.83. The van der Waals surface area contributed by atoms with Gasteiger partial charge in [-0.3, -0.25) is 0 Å². The van der Waals surface area contributed by atoms with E-state index in [0.717, 1.165) is 22.4 Å². The topological polar surface area (TPSA) is 29.9 Å². The third-order valence-corrected chi connectivity index (χ3v) is 3.55. The second-order valence-electron chi connectivity index (χ2n) is 4.48. The fourth-order valence-corrected chi connectivity index (χ4v) is 2.25. The van der Waals surface area contributed by atoms with Crippen LogP contribution >= 0.6 is 15.9 Å². The highest BCUT2D eigenvalue weighted by Crippen LogP contribution is 2.16. The molecule has 0 bridgehead atoms. The van der Waals surface area contributed by atoms with Gasteiger partial charge in [0.1, 0.15) is 0 Å². The molecule has 100 valence electrons. The van der Waals surface area contributed by atoms with E-state index >= 15 is 0 Å². The van der Waals surface area contributed by atoms with Crippen LogP contribution in [0, 0.1) is 0 Å². The summed E-state index contributed by atoms with van der Waals surface area (Å²) in [6.45, 7) is 0.801. The number of benzene rings is 2. The Balaban J connectivity index is 1.72. The number of rotatable bonds is 4. The van der Waals surface area contributed by atoms with Gasteiger partial charge in [0.2, 0.25) is 0 Å². The highest BCUT2D eigenvalue weighted by molar-refractivity contribution is 9.10. The number of nitrogens with zero attached hydrogens (tertiary/aromatic N) is 2. The van der Waals surface area contributed by atoms with Crippen molar-refractivity contribution in [2.24, 2.45) is 0 Å². The van der Waals surface area contributed by atoms with Gasteiger partial charge in [-0.15, -0.1) is 0 Å². The third kappa shape index (κ3) is 3.08. The number of hydrogen-bond donors (Lipinski definition) is 1. The van der Waals surface area contributed by atoms with Crippen LogP contribution in [0.3, 0.4) is 0 Å². The molecule has 0 radical (unpaired) electrons. The summed E-state index contributed by atoms with van der Waals surface area (Å²) >= 11 is 3.44. The maximum Gasteiger partial charge on any atom is 0.0666 e. The Labute approximate surface area is 126 Å². The van der Waals surface area contributed by atoms with Crippen LogP contribution in [0.2, 0.25) is 0 Å². The fourth-order valence-electron chi connectivity index (χ4n) is 1.99. The van der Waals surface area contributed by atoms with E-state index in [1.807, 2.05) is 29.1 Å². The number of aromatic nitrogens is 2. The number of anilines is 1. The van der Waals surface area contributed by atoms with Gasteiger partial charge in [0.05, 0.1) is 5.69 Å². The largest absolute Gasteiger partial charge is 0.381 e. The summed E-state index contributed by atoms with van der Waals surface area (Å²) in [6.07, 6.45) is 3.72. The molecule has 0 unspecified atom stereocenters. The predicted molar refractivity (Wildman–Crippen MR) is 85.0 cm³/mol. The monoisotopic (exact) mass is 327 g/mol. The first kappa shape index (κ1) is 12.9. The summed E-state index contributed by atoms with van der Waals surface area (Å²) in [7, 11) is 0. The molecule has 4 heteroatoms. The smallest absolute Gasteiger partial charge is 0.0666 e. The molecule has 0 fully saturated rings. The van der Waals surface area contributed by atoms with Crippen molar-refractivity contribution in [2.75, 3.05) is 5.32 Å². The summed E-state index contributed by atoms with van der Waals surface area (Å²) in [4.78, 5) is 0. The Morgan fingerprint density at radius 1 is 1.05 bits per heavy atom. The average Bonchev–Trinajstić information content (AvgIpc) is 3.01. The molecule has 0 saturated carbocycles. The lowest BCUT2D eigenvalue weighted by molar-refractivity contribution is 0.880. The van der Waals surface area contributed by atoms with Gasteiger partial charge in [0, 0.05) is 29.1 Å². The molecule has 0 atom stereocenters. The lowest BCUT2D eigenvalue weighted by Crippen LogP contribution is -2.01. The van der Waals surface area contributed by atoms with Gasteiger partial charge in [0.15, 0.2) is 0 Å². The first-order chi connectivity index (χ1) is 9.81. The second-order valence-corrected chi connectivity index (χ2v) is 5.40. The Morgan fingerprint density at radius 3 is 2.65 bits per heavy atom. The lowest BCUT2D eigenvalue weighted by atomic mass is 10.2. The molecule has 1 N–H and O–H groups in total. The number of nitrogens with one attached hydrogen (secondary N) is 1. The van der Waals surface area contributed by atoms with E-state index in [1.54, 1.807) is 6.20 Å². The summed E-state index contributed by atoms with van der Waals surface area (Å²) in [5.41, 5.74) is 3.38. The van der Waals surface area contributed by atoms with Crippen LogP contribution in [0.1, 0.15) is 5.56 Å². The molecule has 20 heavy (non-hydrogen) atoms. The van der Waals surface area contributed by atoms with E-state index in [-0.39, 0.29) is 0 Å². The van der Waals surface area contributed by atoms with Crippen molar-refractivity contribution in [3.63, 3.8) is 0 Å². The Hall–Kier alpha value is -2.07. The van der Waals surface area contributed by atoms with Gasteiger partial charge >= 0.3 is 0 Å². The van der Waals surface area contributed by atoms with Gasteiger partial charge in [-0.25, -0.2) is 4.68 Å². The molecule has 0 aliphatic rings. The quantitative estimate of drug-likeness (QED) is 0.776. The zero-order chi connectivity index (χ0) is 13.8. The lowest BCUT2D eigenvalue weighted by Gasteiger charge is -2.09. The van der Waals surface area contributed by atoms with Crippen molar-refractivity contribution < 1.29 is 0 Å². The van der Waals surface area contributed by atoms with E-state index in [4.69, 9.17) is 0 Å². The van der Waals surface area contributed by atoms with Crippen LogP contribution in [-0.2, 0) is 6.54 Å². The molecular formula is C16H14BrN3. The van der Waals surface area contributed by atoms with Gasteiger partial charge in [-0.05, 0) is 42.0 Å². The molecule has 3 aromatic rings. The van der Waals surface area contributed by atoms with Crippen molar-refractivity contribution >= 4 is 21.6 Å². The Morgan fingerprint density at radius 2 is 1.90 bits per heavy atom. The minimum absolute atomic E-state index is 0.801. The second kappa shape index (κ2) is 5.92. The minimum atomic E-state index is 0.801. The van der Waals surface area contributed by atoms with Crippen LogP contribution in [0.25, 0.3) is 5.69 Å². The van der Waals surface area contributed by atoms with Crippen molar-refractivity contribution in [1.82, 2.24) is 9.78 Å². The van der Waals surface area contributed by atoms with Crippen LogP contribution < -0.4 is 5.32 Å². The zero-order valence-corrected chi connectivity index (χ0v) is 12.4. The summed E-state index contributed by atoms with van der Waals surface area (Å²) in [5, 5.41) is 7.67. The highest BCUT2D eigenvalue weighted by Gasteiger charge is 1.99. The van der Waals surface area contributed by atoms with E-state index < -0.39 is 0 Å². The zero-order valence-electron chi connectivity index (χ0n) is 10.8. The predicted octanol–water partition coefficient (Wildman–Crippen LogP) is 4.25. The molecule has 0 saturated heterocycles. The normalized spacial score (nSPS) is 10.4. The van der Waals surface area contributed by atoms with Crippen molar-refractivity contribution in [1.29, 1.82) is 0 Å². The summed E-state index contributed by atoms with van der Waals surface area (Å²) in [6, 6.07) is 18.5. The van der Waals surface area contributed by atoms with Crippen molar-refractivity contribution in [3.8, 4) is 5.69 Å². The van der Waals surface area contributed by atoms with E-state index in [1.165, 1.54) is 5.56 Å². The molecule has 2 aromatic carbocycles. The highest BCUT2D eigenvalue weighted by atomic mass is 79.9. The van der Waals surface area contributed by atoms with E-state index in [9.17, 15) is 0 Å². The van der Waals surface area contributed by atoms with Gasteiger partial charge in [0.25, 0.3) is 0 Å². The fraction of sp³-hybridized carbons (Fsp3) is 0.0625. The molecule has 0 aliphatic heterocycles. The van der Waals surface area contributed by atoms with Gasteiger partial charge in [-0.2, -0.15) is 5.10 Å². The first-order valence-electron chi connectivity index (χ1n) is 6.40. The van der Waals surface area contributed by atoms with E-state index in [0.29, 0.717) is 0 Å². The van der Waals surface area contributed by atoms with Gasteiger partial charge in [-0.1, -0.05) is 34.1 Å². The first-order valence-corrected chi connectivity index (χ1v) is 7.19. The van der Waals surface area contributed by atoms with Gasteiger partial charge < -0.3 is 5.32 Å². The molecule has 1 aromatic heterocycles. The average molecular weight is 328 g/mol. The van der Waals surface area contributed by atoms with Crippen molar-refractivity contribution in [2.45, 2.75) is 6.54 Å². The molecule has 0 amide bonds. The van der Waals surface area contributed by atoms with Crippen LogP contribution in [0.15, 0.2) is 71.5 Å². The van der Waals surface area contributed by atoms with Crippen LogP contribution in [-0.4, -0.2) is 9.78 Å². The SMILES string of the molecule is Brc1ccc(CNc2cccc(-n3cccn3)c2)cc1. The minimum Gasteiger partial charge on any atom is -0.381 e. The van der Waals surface area contributed by atoms with Crippen LogP contribution in [0.5, 0.6) is 0 Å². The molecule has 3 nitrogen and oxygen atoms in total. The standard InChI is InChI=1S/C16H14BrN3/c17-14-7-5-13(6-8-14)12-18-15-3-1-4-16(11-15)20-10-2-9-19-20/h1-11,18H,12H2. The maximum atomic E-state index is 4.24. The maximum absolute atomic E-state index is 4.24. The number of halogens is 1. The van der Waals surface area contributed by atoms with Crippen LogP contribution in [0.4, 0.5) is 5.69 Å². The summed E-state index contributed by atoms with van der Waals surface area (Å²) < 4.78 is 2.95. The number of hydrogen-bond acceptors (Lipinski definition) is 2. The molecule has 3 rings (SSSR count). The summed E-state index contributed by atoms with van der Waals surface area (Å²) in [5.74, 6) is 0. The van der Waals surface area contributed by atoms with Crippen molar-refractivity contribution in [3.05, 3.63) is 77.0 Å². The third-order valence-electron chi connectivity index (χ3n) is 3.02. The molecule has 0 aliphatic carbocycles. The molecule has 1 heterocycles. The molecular weight excluding hydrogens is 314 g/mol. The Bertz CT molecular complexity index is 675.